The van der Waals surface area contributed by atoms with Crippen LogP contribution in [0, 0.1) is 0 Å². The van der Waals surface area contributed by atoms with E-state index >= 15 is 0 Å². The van der Waals surface area contributed by atoms with Gasteiger partial charge < -0.3 is 4.74 Å². The molecule has 19 heavy (non-hydrogen) atoms. The van der Waals surface area contributed by atoms with E-state index in [-0.39, 0.29) is 12.6 Å². The number of ether oxygens (including phenoxy) is 1. The zero-order chi connectivity index (χ0) is 14.3. The Morgan fingerprint density at radius 3 is 2.79 bits per heavy atom. The molecule has 110 valence electrons. The molecule has 1 unspecified atom stereocenters. The Bertz CT molecular complexity index is 371. The monoisotopic (exact) mass is 276 g/mol. The number of nitrogens with one attached hydrogen (secondary N) is 1. The van der Waals surface area contributed by atoms with Crippen LogP contribution in [0.5, 0.6) is 0 Å². The SMILES string of the molecule is CCc1cc(CC(CCOCC(F)F)NN)n(C)n1. The molecule has 3 N–H and O–H groups in total. The van der Waals surface area contributed by atoms with Crippen molar-refractivity contribution >= 4 is 0 Å². The molecule has 0 aliphatic carbocycles. The zero-order valence-electron chi connectivity index (χ0n) is 11.4. The number of halogens is 2. The van der Waals surface area contributed by atoms with Gasteiger partial charge in [-0.15, -0.1) is 0 Å². The Balaban J connectivity index is 2.40. The summed E-state index contributed by atoms with van der Waals surface area (Å²) in [5.41, 5.74) is 4.78. The number of aromatic nitrogens is 2. The molecule has 0 fully saturated rings. The van der Waals surface area contributed by atoms with Crippen LogP contribution in [0.1, 0.15) is 24.7 Å². The molecule has 0 radical (unpaired) electrons. The van der Waals surface area contributed by atoms with E-state index in [1.165, 1.54) is 0 Å². The molecule has 0 aromatic carbocycles. The van der Waals surface area contributed by atoms with Crippen molar-refractivity contribution in [2.24, 2.45) is 12.9 Å². The third kappa shape index (κ3) is 5.63. The summed E-state index contributed by atoms with van der Waals surface area (Å²) in [5, 5.41) is 4.35. The number of nitrogens with zero attached hydrogens (tertiary/aromatic N) is 2. The van der Waals surface area contributed by atoms with Crippen LogP contribution < -0.4 is 11.3 Å². The summed E-state index contributed by atoms with van der Waals surface area (Å²) in [4.78, 5) is 0. The van der Waals surface area contributed by atoms with Crippen LogP contribution in [0.3, 0.4) is 0 Å². The van der Waals surface area contributed by atoms with Gasteiger partial charge in [0.25, 0.3) is 6.43 Å². The van der Waals surface area contributed by atoms with Crippen LogP contribution in [0.4, 0.5) is 8.78 Å². The first-order valence-corrected chi connectivity index (χ1v) is 6.40. The van der Waals surface area contributed by atoms with Crippen molar-refractivity contribution in [3.8, 4) is 0 Å². The first-order valence-electron chi connectivity index (χ1n) is 6.40. The normalized spacial score (nSPS) is 13.2. The van der Waals surface area contributed by atoms with E-state index in [4.69, 9.17) is 10.6 Å². The highest BCUT2D eigenvalue weighted by Crippen LogP contribution is 2.08. The second-order valence-electron chi connectivity index (χ2n) is 4.43. The Hall–Kier alpha value is -1.05. The van der Waals surface area contributed by atoms with Crippen molar-refractivity contribution in [1.29, 1.82) is 0 Å². The lowest BCUT2D eigenvalue weighted by molar-refractivity contribution is 0.0144. The highest BCUT2D eigenvalue weighted by molar-refractivity contribution is 5.11. The van der Waals surface area contributed by atoms with Crippen molar-refractivity contribution < 1.29 is 13.5 Å². The average Bonchev–Trinajstić information content (AvgIpc) is 2.73. The standard InChI is InChI=1S/C12H22F2N4O/c1-3-9-6-11(18(2)17-9)7-10(16-15)4-5-19-8-12(13)14/h6,10,12,16H,3-5,7-8,15H2,1-2H3. The summed E-state index contributed by atoms with van der Waals surface area (Å²) in [6, 6.07) is 2.02. The maximum absolute atomic E-state index is 11.9. The largest absolute Gasteiger partial charge is 0.375 e. The fraction of sp³-hybridized carbons (Fsp3) is 0.750. The summed E-state index contributed by atoms with van der Waals surface area (Å²) < 4.78 is 30.5. The molecule has 1 atom stereocenters. The van der Waals surface area contributed by atoms with Gasteiger partial charge in [-0.3, -0.25) is 16.0 Å². The van der Waals surface area contributed by atoms with Gasteiger partial charge in [0, 0.05) is 31.8 Å². The van der Waals surface area contributed by atoms with Crippen LogP contribution >= 0.6 is 0 Å². The molecule has 0 spiro atoms. The smallest absolute Gasteiger partial charge is 0.261 e. The highest BCUT2D eigenvalue weighted by atomic mass is 19.3. The van der Waals surface area contributed by atoms with E-state index in [9.17, 15) is 8.78 Å². The fourth-order valence-electron chi connectivity index (χ4n) is 1.83. The minimum Gasteiger partial charge on any atom is -0.375 e. The van der Waals surface area contributed by atoms with Gasteiger partial charge in [-0.1, -0.05) is 6.92 Å². The Labute approximate surface area is 112 Å². The molecule has 0 saturated heterocycles. The average molecular weight is 276 g/mol. The predicted molar refractivity (Wildman–Crippen MR) is 68.8 cm³/mol. The third-order valence-electron chi connectivity index (χ3n) is 2.94. The van der Waals surface area contributed by atoms with Gasteiger partial charge in [0.1, 0.15) is 6.61 Å². The molecule has 0 aliphatic heterocycles. The van der Waals surface area contributed by atoms with E-state index in [1.54, 1.807) is 0 Å². The lowest BCUT2D eigenvalue weighted by Gasteiger charge is -2.15. The van der Waals surface area contributed by atoms with Crippen molar-refractivity contribution in [3.63, 3.8) is 0 Å². The maximum atomic E-state index is 11.9. The van der Waals surface area contributed by atoms with Gasteiger partial charge in [0.2, 0.25) is 0 Å². The molecule has 1 aromatic rings. The number of aryl methyl sites for hydroxylation is 2. The Morgan fingerprint density at radius 2 is 2.26 bits per heavy atom. The summed E-state index contributed by atoms with van der Waals surface area (Å²) in [6.45, 7) is 1.78. The van der Waals surface area contributed by atoms with Gasteiger partial charge in [0.05, 0.1) is 5.69 Å². The van der Waals surface area contributed by atoms with Gasteiger partial charge in [-0.2, -0.15) is 5.10 Å². The first kappa shape index (κ1) is 16.0. The van der Waals surface area contributed by atoms with E-state index in [0.29, 0.717) is 12.8 Å². The fourth-order valence-corrected chi connectivity index (χ4v) is 1.83. The molecule has 0 amide bonds. The van der Waals surface area contributed by atoms with Crippen LogP contribution in [-0.4, -0.2) is 35.5 Å². The molecule has 1 heterocycles. The molecule has 5 nitrogen and oxygen atoms in total. The summed E-state index contributed by atoms with van der Waals surface area (Å²) in [5.74, 6) is 5.47. The topological polar surface area (TPSA) is 65.1 Å². The lowest BCUT2D eigenvalue weighted by atomic mass is 10.1. The molecule has 0 aliphatic rings. The van der Waals surface area contributed by atoms with Crippen LogP contribution in [0.2, 0.25) is 0 Å². The highest BCUT2D eigenvalue weighted by Gasteiger charge is 2.12. The number of alkyl halides is 2. The minimum atomic E-state index is -2.42. The number of nitrogens with two attached hydrogens (primary N) is 1. The Morgan fingerprint density at radius 1 is 1.53 bits per heavy atom. The van der Waals surface area contributed by atoms with Gasteiger partial charge in [0.15, 0.2) is 0 Å². The second kappa shape index (κ2) is 8.19. The van der Waals surface area contributed by atoms with Crippen LogP contribution in [-0.2, 0) is 24.6 Å². The summed E-state index contributed by atoms with van der Waals surface area (Å²) in [7, 11) is 1.88. The number of hydrazine groups is 1. The quantitative estimate of drug-likeness (QED) is 0.402. The molecule has 1 rings (SSSR count). The van der Waals surface area contributed by atoms with Crippen LogP contribution in [0.15, 0.2) is 6.07 Å². The molecular formula is C12H22F2N4O. The number of rotatable bonds is 9. The maximum Gasteiger partial charge on any atom is 0.261 e. The summed E-state index contributed by atoms with van der Waals surface area (Å²) in [6.07, 6.45) is -0.270. The minimum absolute atomic E-state index is 0.0159. The number of hydrogen-bond acceptors (Lipinski definition) is 4. The lowest BCUT2D eigenvalue weighted by Crippen LogP contribution is -2.38. The van der Waals surface area contributed by atoms with E-state index in [1.807, 2.05) is 24.7 Å². The molecule has 0 bridgehead atoms. The molecule has 7 heteroatoms. The van der Waals surface area contributed by atoms with Gasteiger partial charge in [-0.05, 0) is 18.9 Å². The van der Waals surface area contributed by atoms with Crippen molar-refractivity contribution in [2.45, 2.75) is 38.7 Å². The molecule has 1 aromatic heterocycles. The second-order valence-corrected chi connectivity index (χ2v) is 4.43. The first-order chi connectivity index (χ1) is 9.06. The van der Waals surface area contributed by atoms with Gasteiger partial charge in [-0.25, -0.2) is 8.78 Å². The van der Waals surface area contributed by atoms with Gasteiger partial charge >= 0.3 is 0 Å². The third-order valence-corrected chi connectivity index (χ3v) is 2.94. The van der Waals surface area contributed by atoms with Crippen molar-refractivity contribution in [3.05, 3.63) is 17.5 Å². The predicted octanol–water partition coefficient (Wildman–Crippen LogP) is 1.03. The Kier molecular flexibility index (Phi) is 6.90. The summed E-state index contributed by atoms with van der Waals surface area (Å²) >= 11 is 0. The molecular weight excluding hydrogens is 254 g/mol. The van der Waals surface area contributed by atoms with Crippen molar-refractivity contribution in [2.75, 3.05) is 13.2 Å². The van der Waals surface area contributed by atoms with E-state index in [2.05, 4.69) is 10.5 Å². The van der Waals surface area contributed by atoms with Crippen LogP contribution in [0.25, 0.3) is 0 Å². The van der Waals surface area contributed by atoms with E-state index < -0.39 is 13.0 Å². The van der Waals surface area contributed by atoms with E-state index in [0.717, 1.165) is 17.8 Å². The zero-order valence-corrected chi connectivity index (χ0v) is 11.4. The van der Waals surface area contributed by atoms with Crippen molar-refractivity contribution in [1.82, 2.24) is 15.2 Å². The molecule has 0 saturated carbocycles. The number of hydrogen-bond donors (Lipinski definition) is 2.